The molecule has 3 amide bonds. The van der Waals surface area contributed by atoms with Crippen LogP contribution >= 0.6 is 35.7 Å². The van der Waals surface area contributed by atoms with Crippen LogP contribution in [-0.4, -0.2) is 71.8 Å². The van der Waals surface area contributed by atoms with E-state index in [0.717, 1.165) is 28.4 Å². The Bertz CT molecular complexity index is 1350. The maximum atomic E-state index is 13.7. The van der Waals surface area contributed by atoms with Gasteiger partial charge in [-0.25, -0.2) is 9.59 Å². The minimum absolute atomic E-state index is 0.0744. The molecule has 1 aromatic carbocycles. The molecule has 3 heterocycles. The minimum atomic E-state index is -1.08. The van der Waals surface area contributed by atoms with E-state index in [2.05, 4.69) is 0 Å². The molecule has 0 atom stereocenters. The van der Waals surface area contributed by atoms with E-state index >= 15 is 0 Å². The van der Waals surface area contributed by atoms with Crippen LogP contribution in [0.25, 0.3) is 5.57 Å². The van der Waals surface area contributed by atoms with Crippen LogP contribution in [0.1, 0.15) is 46.1 Å². The smallest absolute Gasteiger partial charge is 0.346 e. The number of nitrogens with zero attached hydrogens (tertiary/aromatic N) is 2. The number of fused-ring (bicyclic) bond motifs is 1. The molecule has 1 saturated heterocycles. The number of carbonyl (C=O) groups excluding carboxylic acids is 5. The third kappa shape index (κ3) is 5.29. The summed E-state index contributed by atoms with van der Waals surface area (Å²) in [4.78, 5) is 66.8. The van der Waals surface area contributed by atoms with Crippen LogP contribution in [-0.2, 0) is 33.4 Å². The molecule has 40 heavy (non-hydrogen) atoms. The van der Waals surface area contributed by atoms with Crippen LogP contribution in [0.3, 0.4) is 0 Å². The average molecular weight is 605 g/mol. The first-order valence-electron chi connectivity index (χ1n) is 12.5. The number of thioether (sulfide) groups is 2. The summed E-state index contributed by atoms with van der Waals surface area (Å²) in [5.74, 6) is -2.07. The van der Waals surface area contributed by atoms with E-state index in [1.165, 1.54) is 12.0 Å². The topological polar surface area (TPSA) is 120 Å². The second kappa shape index (κ2) is 11.8. The number of amides is 3. The van der Waals surface area contributed by atoms with Gasteiger partial charge in [-0.15, -0.1) is 0 Å². The Morgan fingerprint density at radius 3 is 2.02 bits per heavy atom. The molecular weight excluding hydrogens is 577 g/mol. The van der Waals surface area contributed by atoms with Gasteiger partial charge in [0.1, 0.15) is 22.1 Å². The van der Waals surface area contributed by atoms with Crippen LogP contribution in [0.2, 0.25) is 0 Å². The number of carbonyl (C=O) groups is 5. The highest BCUT2D eigenvalue weighted by Gasteiger charge is 2.47. The number of imide groups is 1. The first-order chi connectivity index (χ1) is 19.0. The predicted octanol–water partition coefficient (Wildman–Crippen LogP) is 3.83. The summed E-state index contributed by atoms with van der Waals surface area (Å²) in [7, 11) is 1.51. The Morgan fingerprint density at radius 2 is 1.52 bits per heavy atom. The van der Waals surface area contributed by atoms with Crippen molar-refractivity contribution in [2.75, 3.05) is 31.8 Å². The van der Waals surface area contributed by atoms with E-state index in [1.54, 1.807) is 45.9 Å². The highest BCUT2D eigenvalue weighted by Crippen LogP contribution is 2.56. The van der Waals surface area contributed by atoms with Crippen LogP contribution in [0, 0.1) is 0 Å². The minimum Gasteiger partial charge on any atom is -0.497 e. The number of thiocarbonyl (C=S) groups is 1. The van der Waals surface area contributed by atoms with Crippen molar-refractivity contribution in [3.05, 3.63) is 37.8 Å². The molecule has 1 fully saturated rings. The van der Waals surface area contributed by atoms with E-state index < -0.39 is 41.7 Å². The first-order valence-corrected chi connectivity index (χ1v) is 14.6. The molecular formula is C27H28N2O8S3. The number of ether oxygens (including phenoxy) is 3. The molecule has 0 aliphatic carbocycles. The van der Waals surface area contributed by atoms with Gasteiger partial charge in [-0.3, -0.25) is 24.2 Å². The lowest BCUT2D eigenvalue weighted by Gasteiger charge is -2.45. The highest BCUT2D eigenvalue weighted by molar-refractivity contribution is 8.29. The zero-order valence-corrected chi connectivity index (χ0v) is 25.1. The summed E-state index contributed by atoms with van der Waals surface area (Å²) in [6, 6.07) is 5.12. The summed E-state index contributed by atoms with van der Waals surface area (Å²) in [5.41, 5.74) is 0.497. The van der Waals surface area contributed by atoms with E-state index in [1.807, 2.05) is 0 Å². The molecule has 0 aromatic heterocycles. The standard InChI is InChI=1S/C27H28N2O8S3/c1-6-36-24(33)21-22(25(34)37-7-2)40-26(39-21)20-15-12-14(35-5)8-9-16(15)29(27(3,4)23(20)38)19(32)13-28-17(30)10-11-18(28)31/h8-9,12H,6-7,10-11,13H2,1-5H3. The number of rotatable bonds is 7. The lowest BCUT2D eigenvalue weighted by molar-refractivity contribution is -0.142. The summed E-state index contributed by atoms with van der Waals surface area (Å²) in [6.45, 7) is 6.72. The Morgan fingerprint density at radius 1 is 0.975 bits per heavy atom. The average Bonchev–Trinajstić information content (AvgIpc) is 3.48. The van der Waals surface area contributed by atoms with Gasteiger partial charge in [0.2, 0.25) is 17.7 Å². The molecule has 13 heteroatoms. The second-order valence-electron chi connectivity index (χ2n) is 9.34. The third-order valence-electron chi connectivity index (χ3n) is 6.47. The molecule has 0 unspecified atom stereocenters. The fraction of sp³-hybridized carbons (Fsp3) is 0.407. The maximum absolute atomic E-state index is 13.7. The molecule has 3 aliphatic heterocycles. The zero-order valence-electron chi connectivity index (χ0n) is 22.7. The van der Waals surface area contributed by atoms with Gasteiger partial charge in [-0.1, -0.05) is 35.7 Å². The molecule has 212 valence electrons. The van der Waals surface area contributed by atoms with Crippen LogP contribution in [0.15, 0.2) is 32.2 Å². The Labute approximate surface area is 245 Å². The van der Waals surface area contributed by atoms with E-state index in [4.69, 9.17) is 26.4 Å². The van der Waals surface area contributed by atoms with Gasteiger partial charge in [0, 0.05) is 24.0 Å². The Kier molecular flexibility index (Phi) is 8.76. The van der Waals surface area contributed by atoms with Gasteiger partial charge in [0.15, 0.2) is 0 Å². The van der Waals surface area contributed by atoms with E-state index in [-0.39, 0.29) is 35.9 Å². The zero-order chi connectivity index (χ0) is 29.4. The van der Waals surface area contributed by atoms with Crippen molar-refractivity contribution >= 4 is 81.5 Å². The van der Waals surface area contributed by atoms with Gasteiger partial charge >= 0.3 is 11.9 Å². The number of hydrogen-bond donors (Lipinski definition) is 0. The Balaban J connectivity index is 1.84. The lowest BCUT2D eigenvalue weighted by atomic mass is 9.83. The fourth-order valence-electron chi connectivity index (χ4n) is 4.59. The molecule has 0 bridgehead atoms. The number of anilines is 1. The van der Waals surface area contributed by atoms with Crippen LogP contribution in [0.4, 0.5) is 5.69 Å². The molecule has 4 rings (SSSR count). The maximum Gasteiger partial charge on any atom is 0.346 e. The second-order valence-corrected chi connectivity index (χ2v) is 12.0. The fourth-order valence-corrected chi connectivity index (χ4v) is 7.57. The van der Waals surface area contributed by atoms with Crippen molar-refractivity contribution in [1.29, 1.82) is 0 Å². The molecule has 0 N–H and O–H groups in total. The molecule has 3 aliphatic rings. The SMILES string of the molecule is CCOC(=O)C1=C(C(=O)OCC)SC(=C2C(=S)C(C)(C)N(C(=O)CN3C(=O)CCC3=O)c3ccc(OC)cc32)S1. The van der Waals surface area contributed by atoms with Gasteiger partial charge in [0.05, 0.1) is 40.7 Å². The normalized spacial score (nSPS) is 18.4. The van der Waals surface area contributed by atoms with Gasteiger partial charge in [-0.05, 0) is 45.9 Å². The van der Waals surface area contributed by atoms with Crippen molar-refractivity contribution in [1.82, 2.24) is 4.90 Å². The monoisotopic (exact) mass is 604 g/mol. The lowest BCUT2D eigenvalue weighted by Crippen LogP contribution is -2.58. The quantitative estimate of drug-likeness (QED) is 0.196. The molecule has 0 radical (unpaired) electrons. The summed E-state index contributed by atoms with van der Waals surface area (Å²) < 4.78 is 16.4. The largest absolute Gasteiger partial charge is 0.497 e. The number of hydrogen-bond acceptors (Lipinski definition) is 11. The number of likely N-dealkylation sites (tertiary alicyclic amines) is 1. The summed E-state index contributed by atoms with van der Waals surface area (Å²) in [6.07, 6.45) is 0.149. The van der Waals surface area contributed by atoms with Crippen molar-refractivity contribution < 1.29 is 38.2 Å². The van der Waals surface area contributed by atoms with Crippen LogP contribution in [0.5, 0.6) is 5.75 Å². The summed E-state index contributed by atoms with van der Waals surface area (Å²) >= 11 is 8.10. The number of methoxy groups -OCH3 is 1. The number of benzene rings is 1. The molecule has 0 saturated carbocycles. The summed E-state index contributed by atoms with van der Waals surface area (Å²) in [5, 5.41) is 0. The molecule has 0 spiro atoms. The number of esters is 2. The van der Waals surface area contributed by atoms with E-state index in [9.17, 15) is 24.0 Å². The highest BCUT2D eigenvalue weighted by atomic mass is 32.2. The van der Waals surface area contributed by atoms with E-state index in [0.29, 0.717) is 31.7 Å². The molecule has 1 aromatic rings. The van der Waals surface area contributed by atoms with Crippen LogP contribution < -0.4 is 9.64 Å². The first kappa shape index (κ1) is 29.8. The van der Waals surface area contributed by atoms with Gasteiger partial charge in [-0.2, -0.15) is 0 Å². The van der Waals surface area contributed by atoms with Crippen molar-refractivity contribution in [3.8, 4) is 5.75 Å². The van der Waals surface area contributed by atoms with Crippen molar-refractivity contribution in [2.45, 2.75) is 46.1 Å². The third-order valence-corrected chi connectivity index (χ3v) is 9.74. The Hall–Kier alpha value is -3.16. The van der Waals surface area contributed by atoms with Crippen molar-refractivity contribution in [3.63, 3.8) is 0 Å². The predicted molar refractivity (Wildman–Crippen MR) is 156 cm³/mol. The van der Waals surface area contributed by atoms with Gasteiger partial charge in [0.25, 0.3) is 0 Å². The van der Waals surface area contributed by atoms with Crippen molar-refractivity contribution in [2.24, 2.45) is 0 Å². The molecule has 10 nitrogen and oxygen atoms in total. The van der Waals surface area contributed by atoms with Gasteiger partial charge < -0.3 is 14.2 Å².